The molecule has 0 saturated heterocycles. The Labute approximate surface area is 68.2 Å². The summed E-state index contributed by atoms with van der Waals surface area (Å²) in [4.78, 5) is 0. The van der Waals surface area contributed by atoms with E-state index in [2.05, 4.69) is 28.7 Å². The van der Waals surface area contributed by atoms with Crippen molar-refractivity contribution in [2.75, 3.05) is 7.11 Å². The SMILES string of the molecule is COc1cc[c]cc1I. The van der Waals surface area contributed by atoms with Crippen LogP contribution in [0.5, 0.6) is 5.75 Å². The largest absolute Gasteiger partial charge is 0.496 e. The van der Waals surface area contributed by atoms with Crippen molar-refractivity contribution < 1.29 is 4.74 Å². The lowest BCUT2D eigenvalue weighted by Gasteiger charge is -1.98. The molecule has 0 unspecified atom stereocenters. The van der Waals surface area contributed by atoms with Gasteiger partial charge in [-0.15, -0.1) is 0 Å². The first-order chi connectivity index (χ1) is 4.34. The molecule has 0 atom stereocenters. The maximum absolute atomic E-state index is 5.02. The van der Waals surface area contributed by atoms with E-state index in [1.54, 1.807) is 7.11 Å². The van der Waals surface area contributed by atoms with Crippen molar-refractivity contribution in [2.45, 2.75) is 0 Å². The zero-order chi connectivity index (χ0) is 6.69. The summed E-state index contributed by atoms with van der Waals surface area (Å²) < 4.78 is 6.11. The Bertz CT molecular complexity index is 198. The molecule has 0 aliphatic carbocycles. The molecule has 0 fully saturated rings. The predicted octanol–water partition coefficient (Wildman–Crippen LogP) is 2.10. The molecule has 1 aromatic rings. The monoisotopic (exact) mass is 233 g/mol. The molecule has 0 heterocycles. The van der Waals surface area contributed by atoms with Crippen molar-refractivity contribution in [3.63, 3.8) is 0 Å². The quantitative estimate of drug-likeness (QED) is 0.675. The average molecular weight is 233 g/mol. The van der Waals surface area contributed by atoms with Gasteiger partial charge in [0.05, 0.1) is 10.7 Å². The lowest BCUT2D eigenvalue weighted by molar-refractivity contribution is 0.412. The molecule has 9 heavy (non-hydrogen) atoms. The van der Waals surface area contributed by atoms with Crippen molar-refractivity contribution >= 4 is 22.6 Å². The van der Waals surface area contributed by atoms with Gasteiger partial charge in [0, 0.05) is 0 Å². The van der Waals surface area contributed by atoms with E-state index in [1.807, 2.05) is 18.2 Å². The third-order valence-corrected chi connectivity index (χ3v) is 1.84. The molecular weight excluding hydrogens is 227 g/mol. The van der Waals surface area contributed by atoms with Crippen molar-refractivity contribution in [1.29, 1.82) is 0 Å². The number of hydrogen-bond acceptors (Lipinski definition) is 1. The van der Waals surface area contributed by atoms with Gasteiger partial charge in [-0.05, 0) is 40.8 Å². The summed E-state index contributed by atoms with van der Waals surface area (Å²) in [6.45, 7) is 0. The summed E-state index contributed by atoms with van der Waals surface area (Å²) in [5, 5.41) is 0. The van der Waals surface area contributed by atoms with Gasteiger partial charge in [-0.25, -0.2) is 0 Å². The Balaban J connectivity index is 3.01. The molecule has 47 valence electrons. The van der Waals surface area contributed by atoms with Gasteiger partial charge in [-0.3, -0.25) is 0 Å². The fourth-order valence-corrected chi connectivity index (χ4v) is 1.14. The Morgan fingerprint density at radius 3 is 2.89 bits per heavy atom. The fourth-order valence-electron chi connectivity index (χ4n) is 0.561. The Hall–Kier alpha value is -0.250. The minimum Gasteiger partial charge on any atom is -0.496 e. The molecular formula is C7H6IO. The number of ether oxygens (including phenoxy) is 1. The van der Waals surface area contributed by atoms with Crippen LogP contribution in [0.15, 0.2) is 18.2 Å². The minimum absolute atomic E-state index is 0.911. The molecule has 1 aromatic carbocycles. The Kier molecular flexibility index (Phi) is 2.33. The maximum Gasteiger partial charge on any atom is 0.132 e. The number of rotatable bonds is 1. The molecule has 0 N–H and O–H groups in total. The van der Waals surface area contributed by atoms with Gasteiger partial charge in [0.1, 0.15) is 5.75 Å². The first-order valence-corrected chi connectivity index (χ1v) is 3.62. The normalized spacial score (nSPS) is 9.11. The van der Waals surface area contributed by atoms with E-state index in [4.69, 9.17) is 4.74 Å². The van der Waals surface area contributed by atoms with Crippen LogP contribution in [0.4, 0.5) is 0 Å². The number of halogens is 1. The summed E-state index contributed by atoms with van der Waals surface area (Å²) in [6, 6.07) is 8.56. The van der Waals surface area contributed by atoms with Crippen LogP contribution in [0, 0.1) is 9.64 Å². The second kappa shape index (κ2) is 3.06. The first-order valence-electron chi connectivity index (χ1n) is 2.54. The molecule has 0 aromatic heterocycles. The van der Waals surface area contributed by atoms with Crippen LogP contribution in [0.25, 0.3) is 0 Å². The van der Waals surface area contributed by atoms with Crippen LogP contribution >= 0.6 is 22.6 Å². The highest BCUT2D eigenvalue weighted by Gasteiger charge is 1.93. The van der Waals surface area contributed by atoms with E-state index >= 15 is 0 Å². The van der Waals surface area contributed by atoms with Crippen LogP contribution in [0.3, 0.4) is 0 Å². The van der Waals surface area contributed by atoms with Crippen molar-refractivity contribution in [1.82, 2.24) is 0 Å². The van der Waals surface area contributed by atoms with Gasteiger partial charge >= 0.3 is 0 Å². The Morgan fingerprint density at radius 1 is 1.67 bits per heavy atom. The lowest BCUT2D eigenvalue weighted by Crippen LogP contribution is -1.84. The van der Waals surface area contributed by atoms with Crippen LogP contribution in [-0.2, 0) is 0 Å². The fraction of sp³-hybridized carbons (Fsp3) is 0.143. The second-order valence-electron chi connectivity index (χ2n) is 1.56. The van der Waals surface area contributed by atoms with Gasteiger partial charge in [-0.1, -0.05) is 6.07 Å². The molecule has 0 amide bonds. The van der Waals surface area contributed by atoms with E-state index in [0.717, 1.165) is 9.32 Å². The van der Waals surface area contributed by atoms with Crippen LogP contribution in [0.1, 0.15) is 0 Å². The van der Waals surface area contributed by atoms with Crippen LogP contribution in [-0.4, -0.2) is 7.11 Å². The lowest BCUT2D eigenvalue weighted by atomic mass is 10.3. The zero-order valence-corrected chi connectivity index (χ0v) is 7.18. The summed E-state index contributed by atoms with van der Waals surface area (Å²) in [7, 11) is 1.66. The highest BCUT2D eigenvalue weighted by atomic mass is 127. The molecule has 0 spiro atoms. The van der Waals surface area contributed by atoms with Gasteiger partial charge in [0.15, 0.2) is 0 Å². The summed E-state index contributed by atoms with van der Waals surface area (Å²) >= 11 is 2.20. The first kappa shape index (κ1) is 6.86. The van der Waals surface area contributed by atoms with Crippen molar-refractivity contribution in [3.05, 3.63) is 27.8 Å². The zero-order valence-electron chi connectivity index (χ0n) is 5.02. The molecule has 0 aliphatic rings. The molecule has 1 rings (SSSR count). The van der Waals surface area contributed by atoms with E-state index in [1.165, 1.54) is 0 Å². The van der Waals surface area contributed by atoms with E-state index < -0.39 is 0 Å². The summed E-state index contributed by atoms with van der Waals surface area (Å²) in [5.41, 5.74) is 0. The van der Waals surface area contributed by atoms with Crippen molar-refractivity contribution in [3.8, 4) is 5.75 Å². The van der Waals surface area contributed by atoms with Gasteiger partial charge < -0.3 is 4.74 Å². The predicted molar refractivity (Wildman–Crippen MR) is 44.5 cm³/mol. The summed E-state index contributed by atoms with van der Waals surface area (Å²) in [6.07, 6.45) is 0. The highest BCUT2D eigenvalue weighted by Crippen LogP contribution is 2.17. The molecule has 0 bridgehead atoms. The summed E-state index contributed by atoms with van der Waals surface area (Å²) in [5.74, 6) is 0.911. The van der Waals surface area contributed by atoms with E-state index in [0.29, 0.717) is 0 Å². The number of hydrogen-bond donors (Lipinski definition) is 0. The third kappa shape index (κ3) is 1.58. The smallest absolute Gasteiger partial charge is 0.132 e. The highest BCUT2D eigenvalue weighted by molar-refractivity contribution is 14.1. The third-order valence-electron chi connectivity index (χ3n) is 0.996. The average Bonchev–Trinajstić information content (AvgIpc) is 1.89. The Morgan fingerprint density at radius 2 is 2.44 bits per heavy atom. The van der Waals surface area contributed by atoms with Crippen LogP contribution < -0.4 is 4.74 Å². The van der Waals surface area contributed by atoms with Crippen molar-refractivity contribution in [2.24, 2.45) is 0 Å². The van der Waals surface area contributed by atoms with E-state index in [9.17, 15) is 0 Å². The molecule has 0 saturated carbocycles. The van der Waals surface area contributed by atoms with Crippen LogP contribution in [0.2, 0.25) is 0 Å². The number of benzene rings is 1. The van der Waals surface area contributed by atoms with Gasteiger partial charge in [-0.2, -0.15) is 0 Å². The molecule has 0 aliphatic heterocycles. The minimum atomic E-state index is 0.911. The standard InChI is InChI=1S/C7H6IO/c1-9-7-5-3-2-4-6(7)8/h3-5H,1H3. The van der Waals surface area contributed by atoms with Gasteiger partial charge in [0.25, 0.3) is 0 Å². The van der Waals surface area contributed by atoms with Gasteiger partial charge in [0.2, 0.25) is 0 Å². The molecule has 2 heteroatoms. The van der Waals surface area contributed by atoms with E-state index in [-0.39, 0.29) is 0 Å². The molecule has 1 nitrogen and oxygen atoms in total. The molecule has 1 radical (unpaired) electrons. The number of methoxy groups -OCH3 is 1. The maximum atomic E-state index is 5.02. The second-order valence-corrected chi connectivity index (χ2v) is 2.72. The topological polar surface area (TPSA) is 9.23 Å².